The molecular weight excluding hydrogens is 516 g/mol. The van der Waals surface area contributed by atoms with Crippen LogP contribution in [0.2, 0.25) is 5.02 Å². The van der Waals surface area contributed by atoms with Crippen LogP contribution in [0.5, 0.6) is 11.5 Å². The Hall–Kier alpha value is -4.88. The number of ketones is 1. The minimum Gasteiger partial charge on any atom is -0.503 e. The van der Waals surface area contributed by atoms with Crippen molar-refractivity contribution in [2.75, 3.05) is 0 Å². The first-order valence-corrected chi connectivity index (χ1v) is 12.6. The number of benzene rings is 3. The van der Waals surface area contributed by atoms with Crippen LogP contribution in [0, 0.1) is 0 Å². The van der Waals surface area contributed by atoms with E-state index in [9.17, 15) is 14.7 Å². The van der Waals surface area contributed by atoms with Gasteiger partial charge in [0, 0.05) is 29.3 Å². The Bertz CT molecular complexity index is 1730. The highest BCUT2D eigenvalue weighted by atomic mass is 35.5. The van der Waals surface area contributed by atoms with Crippen molar-refractivity contribution in [3.63, 3.8) is 0 Å². The summed E-state index contributed by atoms with van der Waals surface area (Å²) in [4.78, 5) is 32.7. The number of fused-ring (bicyclic) bond motifs is 1. The standard InChI is InChI=1S/C31H21ClN2O5/c32-22-9-10-25-21(15-22)17-26(39-25)29(35)27-28(34(31(37)30(27)36)18-19-11-13-33-14-12-19)20-5-4-8-24(16-20)38-23-6-2-1-3-7-23/h1-17,28,36H,18H2. The SMILES string of the molecule is O=C(C1=C(O)C(=O)N(Cc2ccncc2)C1c1cccc(Oc2ccccc2)c1)c1cc2cc(Cl)ccc2o1. The van der Waals surface area contributed by atoms with Crippen molar-refractivity contribution >= 4 is 34.3 Å². The summed E-state index contributed by atoms with van der Waals surface area (Å²) >= 11 is 6.11. The van der Waals surface area contributed by atoms with E-state index < -0.39 is 23.5 Å². The van der Waals surface area contributed by atoms with E-state index in [0.29, 0.717) is 33.1 Å². The van der Waals surface area contributed by atoms with Gasteiger partial charge in [0.05, 0.1) is 11.6 Å². The van der Waals surface area contributed by atoms with Crippen molar-refractivity contribution in [2.45, 2.75) is 12.6 Å². The fraction of sp³-hybridized carbons (Fsp3) is 0.0645. The van der Waals surface area contributed by atoms with E-state index in [1.165, 1.54) is 4.90 Å². The number of carbonyl (C=O) groups excluding carboxylic acids is 2. The number of amides is 1. The summed E-state index contributed by atoms with van der Waals surface area (Å²) in [6.07, 6.45) is 3.25. The highest BCUT2D eigenvalue weighted by Gasteiger charge is 2.44. The predicted molar refractivity (Wildman–Crippen MR) is 146 cm³/mol. The zero-order valence-corrected chi connectivity index (χ0v) is 21.2. The molecule has 1 amide bonds. The number of nitrogens with zero attached hydrogens (tertiary/aromatic N) is 2. The molecule has 0 bridgehead atoms. The number of aliphatic hydroxyl groups is 1. The van der Waals surface area contributed by atoms with Gasteiger partial charge in [0.25, 0.3) is 5.91 Å². The molecule has 0 radical (unpaired) electrons. The van der Waals surface area contributed by atoms with Crippen molar-refractivity contribution in [2.24, 2.45) is 0 Å². The summed E-state index contributed by atoms with van der Waals surface area (Å²) in [5.74, 6) is -0.715. The van der Waals surface area contributed by atoms with Crippen LogP contribution >= 0.6 is 11.6 Å². The molecular formula is C31H21ClN2O5. The van der Waals surface area contributed by atoms with E-state index in [-0.39, 0.29) is 17.9 Å². The minimum absolute atomic E-state index is 0.00549. The van der Waals surface area contributed by atoms with E-state index in [1.807, 2.05) is 30.3 Å². The Kier molecular flexibility index (Phi) is 6.34. The number of para-hydroxylation sites is 1. The summed E-state index contributed by atoms with van der Waals surface area (Å²) in [6, 6.07) is 25.6. The number of aliphatic hydroxyl groups excluding tert-OH is 1. The number of Topliss-reactive ketones (excluding diaryl/α,β-unsaturated/α-hetero) is 1. The number of carbonyl (C=O) groups is 2. The van der Waals surface area contributed by atoms with Gasteiger partial charge < -0.3 is 19.2 Å². The molecule has 1 unspecified atom stereocenters. The number of furan rings is 1. The second-order valence-electron chi connectivity index (χ2n) is 9.06. The molecule has 0 aliphatic carbocycles. The third-order valence-corrected chi connectivity index (χ3v) is 6.74. The van der Waals surface area contributed by atoms with Crippen LogP contribution < -0.4 is 4.74 Å². The quantitative estimate of drug-likeness (QED) is 0.224. The van der Waals surface area contributed by atoms with Crippen LogP contribution in [0.1, 0.15) is 27.7 Å². The maximum absolute atomic E-state index is 13.9. The van der Waals surface area contributed by atoms with Gasteiger partial charge in [-0.25, -0.2) is 0 Å². The van der Waals surface area contributed by atoms with Crippen LogP contribution in [-0.4, -0.2) is 26.7 Å². The fourth-order valence-electron chi connectivity index (χ4n) is 4.71. The molecule has 2 aromatic heterocycles. The maximum atomic E-state index is 13.9. The molecule has 0 fully saturated rings. The number of pyridine rings is 1. The molecule has 8 heteroatoms. The second kappa shape index (κ2) is 10.1. The van der Waals surface area contributed by atoms with Crippen molar-refractivity contribution in [3.05, 3.63) is 137 Å². The average Bonchev–Trinajstić information content (AvgIpc) is 3.48. The normalized spacial score (nSPS) is 15.3. The molecule has 6 rings (SSSR count). The van der Waals surface area contributed by atoms with E-state index >= 15 is 0 Å². The largest absolute Gasteiger partial charge is 0.503 e. The summed E-state index contributed by atoms with van der Waals surface area (Å²) in [7, 11) is 0. The van der Waals surface area contributed by atoms with Crippen LogP contribution in [0.3, 0.4) is 0 Å². The van der Waals surface area contributed by atoms with Gasteiger partial charge in [-0.05, 0) is 71.8 Å². The molecule has 1 aliphatic heterocycles. The monoisotopic (exact) mass is 536 g/mol. The molecule has 0 saturated carbocycles. The zero-order chi connectivity index (χ0) is 26.9. The van der Waals surface area contributed by atoms with Gasteiger partial charge in [-0.2, -0.15) is 0 Å². The Morgan fingerprint density at radius 3 is 2.51 bits per heavy atom. The van der Waals surface area contributed by atoms with E-state index in [0.717, 1.165) is 5.56 Å². The number of aromatic nitrogens is 1. The molecule has 1 aliphatic rings. The number of hydrogen-bond donors (Lipinski definition) is 1. The molecule has 1 N–H and O–H groups in total. The molecule has 3 aromatic carbocycles. The number of ether oxygens (including phenoxy) is 1. The number of hydrogen-bond acceptors (Lipinski definition) is 6. The lowest BCUT2D eigenvalue weighted by Crippen LogP contribution is -2.30. The summed E-state index contributed by atoms with van der Waals surface area (Å²) in [5, 5.41) is 12.2. The topological polar surface area (TPSA) is 92.9 Å². The molecule has 0 spiro atoms. The van der Waals surface area contributed by atoms with Gasteiger partial charge in [0.15, 0.2) is 11.5 Å². The average molecular weight is 537 g/mol. The smallest absolute Gasteiger partial charge is 0.290 e. The summed E-state index contributed by atoms with van der Waals surface area (Å²) < 4.78 is 11.8. The van der Waals surface area contributed by atoms with Crippen LogP contribution in [0.15, 0.2) is 119 Å². The molecule has 192 valence electrons. The number of halogens is 1. The van der Waals surface area contributed by atoms with Crippen LogP contribution in [0.4, 0.5) is 0 Å². The first-order chi connectivity index (χ1) is 19.0. The molecule has 39 heavy (non-hydrogen) atoms. The second-order valence-corrected chi connectivity index (χ2v) is 9.50. The van der Waals surface area contributed by atoms with Gasteiger partial charge in [-0.1, -0.05) is 41.9 Å². The Morgan fingerprint density at radius 2 is 1.72 bits per heavy atom. The molecule has 3 heterocycles. The highest BCUT2D eigenvalue weighted by Crippen LogP contribution is 2.41. The predicted octanol–water partition coefficient (Wildman–Crippen LogP) is 7.05. The number of rotatable bonds is 7. The lowest BCUT2D eigenvalue weighted by molar-refractivity contribution is -0.130. The fourth-order valence-corrected chi connectivity index (χ4v) is 4.89. The Labute approximate surface area is 228 Å². The van der Waals surface area contributed by atoms with Crippen molar-refractivity contribution in [1.29, 1.82) is 0 Å². The molecule has 0 saturated heterocycles. The van der Waals surface area contributed by atoms with E-state index in [4.69, 9.17) is 20.8 Å². The summed E-state index contributed by atoms with van der Waals surface area (Å²) in [6.45, 7) is 0.145. The molecule has 7 nitrogen and oxygen atoms in total. The lowest BCUT2D eigenvalue weighted by atomic mass is 9.94. The van der Waals surface area contributed by atoms with Gasteiger partial charge in [-0.15, -0.1) is 0 Å². The highest BCUT2D eigenvalue weighted by molar-refractivity contribution is 6.31. The van der Waals surface area contributed by atoms with Gasteiger partial charge >= 0.3 is 0 Å². The van der Waals surface area contributed by atoms with E-state index in [1.54, 1.807) is 73.1 Å². The maximum Gasteiger partial charge on any atom is 0.290 e. The van der Waals surface area contributed by atoms with Crippen LogP contribution in [-0.2, 0) is 11.3 Å². The van der Waals surface area contributed by atoms with Crippen molar-refractivity contribution < 1.29 is 23.8 Å². The Balaban J connectivity index is 1.43. The lowest BCUT2D eigenvalue weighted by Gasteiger charge is -2.27. The summed E-state index contributed by atoms with van der Waals surface area (Å²) in [5.41, 5.74) is 1.78. The van der Waals surface area contributed by atoms with E-state index in [2.05, 4.69) is 4.98 Å². The van der Waals surface area contributed by atoms with Gasteiger partial charge in [-0.3, -0.25) is 14.6 Å². The Morgan fingerprint density at radius 1 is 0.949 bits per heavy atom. The first kappa shape index (κ1) is 24.5. The molecule has 5 aromatic rings. The first-order valence-electron chi connectivity index (χ1n) is 12.2. The van der Waals surface area contributed by atoms with Crippen molar-refractivity contribution in [1.82, 2.24) is 9.88 Å². The minimum atomic E-state index is -0.894. The zero-order valence-electron chi connectivity index (χ0n) is 20.5. The van der Waals surface area contributed by atoms with Crippen molar-refractivity contribution in [3.8, 4) is 11.5 Å². The molecule has 1 atom stereocenters. The third-order valence-electron chi connectivity index (χ3n) is 6.51. The van der Waals surface area contributed by atoms with Gasteiger partial charge in [0.1, 0.15) is 17.1 Å². The van der Waals surface area contributed by atoms with Gasteiger partial charge in [0.2, 0.25) is 5.78 Å². The third kappa shape index (κ3) is 4.76. The van der Waals surface area contributed by atoms with Crippen LogP contribution in [0.25, 0.3) is 11.0 Å².